The van der Waals surface area contributed by atoms with E-state index in [1.165, 1.54) is 24.3 Å². The van der Waals surface area contributed by atoms with Gasteiger partial charge in [0, 0.05) is 29.9 Å². The number of anilines is 4. The molecule has 2 heterocycles. The van der Waals surface area contributed by atoms with Gasteiger partial charge in [-0.3, -0.25) is 29.5 Å². The third-order valence-corrected chi connectivity index (χ3v) is 4.63. The number of benzene rings is 2. The summed E-state index contributed by atoms with van der Waals surface area (Å²) in [5.41, 5.74) is 0.0886. The molecule has 2 amide bonds. The van der Waals surface area contributed by atoms with E-state index in [1.54, 1.807) is 24.3 Å². The zero-order valence-electron chi connectivity index (χ0n) is 15.9. The van der Waals surface area contributed by atoms with Gasteiger partial charge in [-0.05, 0) is 18.2 Å². The van der Waals surface area contributed by atoms with E-state index in [1.807, 2.05) is 6.07 Å². The molecule has 0 fully saturated rings. The van der Waals surface area contributed by atoms with Crippen LogP contribution < -0.4 is 21.5 Å². The third-order valence-electron chi connectivity index (χ3n) is 4.63. The summed E-state index contributed by atoms with van der Waals surface area (Å²) in [7, 11) is 0. The highest BCUT2D eigenvalue weighted by atomic mass is 16.6. The predicted molar refractivity (Wildman–Crippen MR) is 112 cm³/mol. The van der Waals surface area contributed by atoms with Crippen molar-refractivity contribution in [2.75, 3.05) is 16.0 Å². The van der Waals surface area contributed by atoms with Crippen LogP contribution in [0, 0.1) is 10.1 Å². The van der Waals surface area contributed by atoms with E-state index >= 15 is 0 Å². The maximum atomic E-state index is 12.8. The Kier molecular flexibility index (Phi) is 5.14. The Hall–Kier alpha value is -4.54. The van der Waals surface area contributed by atoms with Gasteiger partial charge in [-0.25, -0.2) is 0 Å². The molecule has 3 aromatic rings. The Bertz CT molecular complexity index is 1240. The lowest BCUT2D eigenvalue weighted by Crippen LogP contribution is -2.36. The van der Waals surface area contributed by atoms with E-state index in [0.29, 0.717) is 5.69 Å². The Balaban J connectivity index is 1.63. The van der Waals surface area contributed by atoms with Gasteiger partial charge in [0.15, 0.2) is 0 Å². The molecule has 2 aromatic carbocycles. The first kappa shape index (κ1) is 19.8. The van der Waals surface area contributed by atoms with Crippen molar-refractivity contribution < 1.29 is 14.5 Å². The van der Waals surface area contributed by atoms with Crippen molar-refractivity contribution in [2.24, 2.45) is 0 Å². The van der Waals surface area contributed by atoms with Gasteiger partial charge in [0.1, 0.15) is 5.82 Å². The molecule has 11 heteroatoms. The zero-order valence-corrected chi connectivity index (χ0v) is 15.9. The molecule has 0 saturated heterocycles. The normalized spacial score (nSPS) is 14.8. The van der Waals surface area contributed by atoms with Crippen LogP contribution in [0.3, 0.4) is 0 Å². The van der Waals surface area contributed by atoms with Crippen LogP contribution in [0.25, 0.3) is 0 Å². The van der Waals surface area contributed by atoms with Crippen LogP contribution >= 0.6 is 0 Å². The van der Waals surface area contributed by atoms with Gasteiger partial charge in [-0.15, -0.1) is 0 Å². The van der Waals surface area contributed by atoms with Crippen LogP contribution in [0.4, 0.5) is 28.8 Å². The number of carbonyl (C=O) groups excluding carboxylic acids is 2. The number of hydrogen-bond donors (Lipinski definition) is 4. The minimum absolute atomic E-state index is 0.0149. The topological polar surface area (TPSA) is 159 Å². The molecule has 0 unspecified atom stereocenters. The third kappa shape index (κ3) is 4.24. The zero-order chi connectivity index (χ0) is 22.0. The lowest BCUT2D eigenvalue weighted by atomic mass is 9.92. The van der Waals surface area contributed by atoms with Crippen LogP contribution in [0.5, 0.6) is 0 Å². The van der Waals surface area contributed by atoms with Gasteiger partial charge in [-0.2, -0.15) is 4.98 Å². The summed E-state index contributed by atoms with van der Waals surface area (Å²) in [5.74, 6) is -2.14. The smallest absolute Gasteiger partial charge is 0.271 e. The standard InChI is InChI=1S/C20H16N6O5/c27-15-10-14(18(28)21-12-7-4-8-13(9-12)26(30)31)16-17(23-15)24-20(25-19(16)29)22-11-5-2-1-3-6-11/h1-9,14H,10H2,(H,21,28)(H3,22,23,24,25,27,29)/t14-/m0/s1. The van der Waals surface area contributed by atoms with Gasteiger partial charge in [0.25, 0.3) is 11.2 Å². The quantitative estimate of drug-likeness (QED) is 0.364. The summed E-state index contributed by atoms with van der Waals surface area (Å²) in [6.45, 7) is 0. The first-order valence-corrected chi connectivity index (χ1v) is 9.22. The number of non-ortho nitro benzene ring substituents is 1. The monoisotopic (exact) mass is 420 g/mol. The molecule has 1 aliphatic heterocycles. The molecule has 156 valence electrons. The molecule has 0 radical (unpaired) electrons. The summed E-state index contributed by atoms with van der Waals surface area (Å²) in [5, 5.41) is 18.9. The lowest BCUT2D eigenvalue weighted by molar-refractivity contribution is -0.384. The molecule has 0 saturated carbocycles. The number of nitrogens with zero attached hydrogens (tertiary/aromatic N) is 2. The summed E-state index contributed by atoms with van der Waals surface area (Å²) in [6.07, 6.45) is -0.260. The van der Waals surface area contributed by atoms with E-state index in [9.17, 15) is 24.5 Å². The second-order valence-electron chi connectivity index (χ2n) is 6.77. The van der Waals surface area contributed by atoms with Crippen molar-refractivity contribution in [3.63, 3.8) is 0 Å². The largest absolute Gasteiger partial charge is 0.326 e. The predicted octanol–water partition coefficient (Wildman–Crippen LogP) is 2.49. The van der Waals surface area contributed by atoms with E-state index in [-0.39, 0.29) is 35.1 Å². The van der Waals surface area contributed by atoms with Crippen LogP contribution in [-0.2, 0) is 9.59 Å². The van der Waals surface area contributed by atoms with Gasteiger partial charge in [-0.1, -0.05) is 24.3 Å². The van der Waals surface area contributed by atoms with Crippen LogP contribution in [0.1, 0.15) is 17.9 Å². The van der Waals surface area contributed by atoms with E-state index in [2.05, 4.69) is 25.9 Å². The van der Waals surface area contributed by atoms with Gasteiger partial charge in [0.2, 0.25) is 17.8 Å². The molecule has 1 aliphatic rings. The number of nitro benzene ring substituents is 1. The number of aromatic nitrogens is 2. The Labute approximate surface area is 174 Å². The molecular formula is C20H16N6O5. The molecule has 0 spiro atoms. The molecule has 11 nitrogen and oxygen atoms in total. The number of nitro groups is 1. The molecule has 31 heavy (non-hydrogen) atoms. The van der Waals surface area contributed by atoms with Crippen molar-refractivity contribution in [3.8, 4) is 0 Å². The first-order chi connectivity index (χ1) is 14.9. The second-order valence-corrected chi connectivity index (χ2v) is 6.77. The number of amides is 2. The first-order valence-electron chi connectivity index (χ1n) is 9.22. The average molecular weight is 420 g/mol. The minimum Gasteiger partial charge on any atom is -0.326 e. The van der Waals surface area contributed by atoms with Crippen LogP contribution in [0.15, 0.2) is 59.4 Å². The number of hydrogen-bond acceptors (Lipinski definition) is 7. The van der Waals surface area contributed by atoms with Crippen molar-refractivity contribution in [3.05, 3.63) is 80.6 Å². The Morgan fingerprint density at radius 3 is 2.58 bits per heavy atom. The lowest BCUT2D eigenvalue weighted by Gasteiger charge is -2.23. The highest BCUT2D eigenvalue weighted by Crippen LogP contribution is 2.30. The summed E-state index contributed by atoms with van der Waals surface area (Å²) < 4.78 is 0. The number of para-hydroxylation sites is 1. The number of nitrogens with one attached hydrogen (secondary N) is 4. The number of fused-ring (bicyclic) bond motifs is 1. The van der Waals surface area contributed by atoms with Gasteiger partial charge >= 0.3 is 0 Å². The second kappa shape index (κ2) is 8.06. The molecule has 4 rings (SSSR count). The maximum absolute atomic E-state index is 12.8. The molecule has 1 atom stereocenters. The molecule has 4 N–H and O–H groups in total. The van der Waals surface area contributed by atoms with E-state index < -0.39 is 28.2 Å². The summed E-state index contributed by atoms with van der Waals surface area (Å²) in [4.78, 5) is 54.9. The molecule has 0 bridgehead atoms. The Morgan fingerprint density at radius 2 is 1.84 bits per heavy atom. The maximum Gasteiger partial charge on any atom is 0.271 e. The average Bonchev–Trinajstić information content (AvgIpc) is 2.73. The highest BCUT2D eigenvalue weighted by molar-refractivity contribution is 6.04. The summed E-state index contributed by atoms with van der Waals surface area (Å²) >= 11 is 0. The fraction of sp³-hybridized carbons (Fsp3) is 0.100. The number of aromatic amines is 1. The van der Waals surface area contributed by atoms with Crippen molar-refractivity contribution >= 4 is 40.6 Å². The highest BCUT2D eigenvalue weighted by Gasteiger charge is 2.35. The van der Waals surface area contributed by atoms with Crippen LogP contribution in [0.2, 0.25) is 0 Å². The fourth-order valence-corrected chi connectivity index (χ4v) is 3.24. The fourth-order valence-electron chi connectivity index (χ4n) is 3.24. The van der Waals surface area contributed by atoms with Gasteiger partial charge < -0.3 is 16.0 Å². The molecule has 0 aliphatic carbocycles. The van der Waals surface area contributed by atoms with Gasteiger partial charge in [0.05, 0.1) is 16.4 Å². The SMILES string of the molecule is O=C1C[C@H](C(=O)Nc2cccc([N+](=O)[O-])c2)c2c(nc(Nc3ccccc3)[nH]c2=O)N1. The van der Waals surface area contributed by atoms with E-state index in [4.69, 9.17) is 0 Å². The number of H-pyrrole nitrogens is 1. The van der Waals surface area contributed by atoms with Crippen molar-refractivity contribution in [1.29, 1.82) is 0 Å². The van der Waals surface area contributed by atoms with Crippen molar-refractivity contribution in [1.82, 2.24) is 9.97 Å². The number of rotatable bonds is 5. The molecular weight excluding hydrogens is 404 g/mol. The molecule has 1 aromatic heterocycles. The van der Waals surface area contributed by atoms with Crippen molar-refractivity contribution in [2.45, 2.75) is 12.3 Å². The minimum atomic E-state index is -1.11. The van der Waals surface area contributed by atoms with Crippen LogP contribution in [-0.4, -0.2) is 26.7 Å². The van der Waals surface area contributed by atoms with E-state index in [0.717, 1.165) is 0 Å². The summed E-state index contributed by atoms with van der Waals surface area (Å²) in [6, 6.07) is 14.4. The number of carbonyl (C=O) groups is 2. The Morgan fingerprint density at radius 1 is 1.10 bits per heavy atom.